The van der Waals surface area contributed by atoms with Crippen LogP contribution in [0, 0.1) is 13.8 Å². The van der Waals surface area contributed by atoms with Crippen LogP contribution in [0.4, 0.5) is 5.13 Å². The van der Waals surface area contributed by atoms with Crippen LogP contribution in [0.3, 0.4) is 0 Å². The van der Waals surface area contributed by atoms with E-state index in [0.717, 1.165) is 33.0 Å². The summed E-state index contributed by atoms with van der Waals surface area (Å²) in [6.45, 7) is 4.02. The summed E-state index contributed by atoms with van der Waals surface area (Å²) >= 11 is 1.49. The summed E-state index contributed by atoms with van der Waals surface area (Å²) in [5.41, 5.74) is 4.04. The molecule has 0 bridgehead atoms. The molecule has 25 heavy (non-hydrogen) atoms. The lowest BCUT2D eigenvalue weighted by atomic mass is 10.1. The standard InChI is InChI=1S/C20H20N2O2S/c1-13-6-4-5-7-16(13)12-18(23)21-20-22-19(14(2)25-20)15-8-10-17(24-3)11-9-15/h4-11H,12H2,1-3H3,(H,21,22,23). The summed E-state index contributed by atoms with van der Waals surface area (Å²) in [7, 11) is 1.64. The minimum absolute atomic E-state index is 0.0515. The van der Waals surface area contributed by atoms with Gasteiger partial charge in [-0.2, -0.15) is 0 Å². The van der Waals surface area contributed by atoms with Gasteiger partial charge in [-0.1, -0.05) is 24.3 Å². The summed E-state index contributed by atoms with van der Waals surface area (Å²) in [6.07, 6.45) is 0.350. The van der Waals surface area contributed by atoms with Crippen molar-refractivity contribution < 1.29 is 9.53 Å². The van der Waals surface area contributed by atoms with Crippen LogP contribution in [0.1, 0.15) is 16.0 Å². The zero-order valence-corrected chi connectivity index (χ0v) is 15.3. The Hall–Kier alpha value is -2.66. The van der Waals surface area contributed by atoms with Gasteiger partial charge in [-0.25, -0.2) is 4.98 Å². The molecular formula is C20H20N2O2S. The molecule has 0 fully saturated rings. The molecule has 0 aliphatic rings. The predicted molar refractivity (Wildman–Crippen MR) is 102 cm³/mol. The molecular weight excluding hydrogens is 332 g/mol. The van der Waals surface area contributed by atoms with Gasteiger partial charge in [0.15, 0.2) is 5.13 Å². The van der Waals surface area contributed by atoms with Crippen molar-refractivity contribution in [1.82, 2.24) is 4.98 Å². The normalized spacial score (nSPS) is 10.5. The third-order valence-corrected chi connectivity index (χ3v) is 4.90. The highest BCUT2D eigenvalue weighted by molar-refractivity contribution is 7.16. The van der Waals surface area contributed by atoms with Crippen LogP contribution >= 0.6 is 11.3 Å². The van der Waals surface area contributed by atoms with Gasteiger partial charge in [-0.15, -0.1) is 11.3 Å². The fraction of sp³-hybridized carbons (Fsp3) is 0.200. The van der Waals surface area contributed by atoms with Gasteiger partial charge in [0.05, 0.1) is 19.2 Å². The second-order valence-electron chi connectivity index (χ2n) is 5.80. The number of aromatic nitrogens is 1. The Morgan fingerprint density at radius 2 is 1.84 bits per heavy atom. The van der Waals surface area contributed by atoms with Crippen LogP contribution in [0.2, 0.25) is 0 Å². The van der Waals surface area contributed by atoms with Crippen molar-refractivity contribution in [3.8, 4) is 17.0 Å². The maximum atomic E-state index is 12.3. The lowest BCUT2D eigenvalue weighted by molar-refractivity contribution is -0.115. The van der Waals surface area contributed by atoms with E-state index >= 15 is 0 Å². The first-order chi connectivity index (χ1) is 12.1. The van der Waals surface area contributed by atoms with Crippen molar-refractivity contribution in [1.29, 1.82) is 0 Å². The summed E-state index contributed by atoms with van der Waals surface area (Å²) in [4.78, 5) is 18.0. The number of hydrogen-bond acceptors (Lipinski definition) is 4. The maximum Gasteiger partial charge on any atom is 0.230 e. The number of nitrogens with one attached hydrogen (secondary N) is 1. The van der Waals surface area contributed by atoms with Crippen molar-refractivity contribution in [2.45, 2.75) is 20.3 Å². The van der Waals surface area contributed by atoms with E-state index in [1.54, 1.807) is 7.11 Å². The lowest BCUT2D eigenvalue weighted by Crippen LogP contribution is -2.14. The number of rotatable bonds is 5. The number of carbonyl (C=O) groups is 1. The monoisotopic (exact) mass is 352 g/mol. The molecule has 1 N–H and O–H groups in total. The highest BCUT2D eigenvalue weighted by atomic mass is 32.1. The number of amides is 1. The lowest BCUT2D eigenvalue weighted by Gasteiger charge is -2.05. The number of ether oxygens (including phenoxy) is 1. The van der Waals surface area contributed by atoms with Gasteiger partial charge >= 0.3 is 0 Å². The van der Waals surface area contributed by atoms with E-state index in [1.807, 2.05) is 62.4 Å². The minimum Gasteiger partial charge on any atom is -0.497 e. The van der Waals surface area contributed by atoms with Crippen LogP contribution in [-0.2, 0) is 11.2 Å². The van der Waals surface area contributed by atoms with Crippen molar-refractivity contribution in [2.75, 3.05) is 12.4 Å². The molecule has 4 nitrogen and oxygen atoms in total. The predicted octanol–water partition coefficient (Wildman–Crippen LogP) is 4.62. The van der Waals surface area contributed by atoms with Crippen LogP contribution in [0.5, 0.6) is 5.75 Å². The molecule has 0 spiro atoms. The maximum absolute atomic E-state index is 12.3. The topological polar surface area (TPSA) is 51.2 Å². The number of benzene rings is 2. The molecule has 0 saturated carbocycles. The molecule has 128 valence electrons. The minimum atomic E-state index is -0.0515. The number of hydrogen-bond donors (Lipinski definition) is 1. The first kappa shape index (κ1) is 17.2. The number of methoxy groups -OCH3 is 1. The molecule has 3 rings (SSSR count). The quantitative estimate of drug-likeness (QED) is 0.729. The van der Waals surface area contributed by atoms with Gasteiger partial charge in [0, 0.05) is 10.4 Å². The Labute approximate surface area is 151 Å². The third kappa shape index (κ3) is 4.06. The summed E-state index contributed by atoms with van der Waals surface area (Å²) in [5.74, 6) is 0.757. The number of carbonyl (C=O) groups excluding carboxylic acids is 1. The van der Waals surface area contributed by atoms with E-state index in [4.69, 9.17) is 4.74 Å². The molecule has 1 amide bonds. The van der Waals surface area contributed by atoms with Gasteiger partial charge < -0.3 is 10.1 Å². The number of aryl methyl sites for hydroxylation is 2. The average molecular weight is 352 g/mol. The van der Waals surface area contributed by atoms with Gasteiger partial charge in [0.1, 0.15) is 5.75 Å². The molecule has 0 saturated heterocycles. The molecule has 5 heteroatoms. The van der Waals surface area contributed by atoms with E-state index in [-0.39, 0.29) is 5.91 Å². The zero-order valence-electron chi connectivity index (χ0n) is 14.5. The second kappa shape index (κ2) is 7.49. The first-order valence-corrected chi connectivity index (χ1v) is 8.84. The molecule has 0 aliphatic heterocycles. The molecule has 0 unspecified atom stereocenters. The average Bonchev–Trinajstić information content (AvgIpc) is 2.97. The third-order valence-electron chi connectivity index (χ3n) is 4.02. The molecule has 0 atom stereocenters. The highest BCUT2D eigenvalue weighted by Crippen LogP contribution is 2.31. The van der Waals surface area contributed by atoms with E-state index in [2.05, 4.69) is 10.3 Å². The number of nitrogens with zero attached hydrogens (tertiary/aromatic N) is 1. The van der Waals surface area contributed by atoms with Crippen molar-refractivity contribution in [2.24, 2.45) is 0 Å². The summed E-state index contributed by atoms with van der Waals surface area (Å²) in [5, 5.41) is 3.54. The number of anilines is 1. The largest absolute Gasteiger partial charge is 0.497 e. The molecule has 2 aromatic carbocycles. The molecule has 0 radical (unpaired) electrons. The SMILES string of the molecule is COc1ccc(-c2nc(NC(=O)Cc3ccccc3C)sc2C)cc1. The zero-order chi connectivity index (χ0) is 17.8. The Morgan fingerprint density at radius 1 is 1.12 bits per heavy atom. The number of thiazole rings is 1. The van der Waals surface area contributed by atoms with Gasteiger partial charge in [-0.05, 0) is 49.2 Å². The van der Waals surface area contributed by atoms with Gasteiger partial charge in [0.2, 0.25) is 5.91 Å². The molecule has 1 heterocycles. The highest BCUT2D eigenvalue weighted by Gasteiger charge is 2.13. The van der Waals surface area contributed by atoms with Gasteiger partial charge in [0.25, 0.3) is 0 Å². The summed E-state index contributed by atoms with van der Waals surface area (Å²) in [6, 6.07) is 15.7. The van der Waals surface area contributed by atoms with Crippen molar-refractivity contribution in [3.63, 3.8) is 0 Å². The van der Waals surface area contributed by atoms with Gasteiger partial charge in [-0.3, -0.25) is 4.79 Å². The second-order valence-corrected chi connectivity index (χ2v) is 7.01. The molecule has 1 aromatic heterocycles. The van der Waals surface area contributed by atoms with Crippen LogP contribution in [-0.4, -0.2) is 18.0 Å². The first-order valence-electron chi connectivity index (χ1n) is 8.03. The summed E-state index contributed by atoms with van der Waals surface area (Å²) < 4.78 is 5.18. The molecule has 3 aromatic rings. The Bertz CT molecular complexity index is 885. The Morgan fingerprint density at radius 3 is 2.52 bits per heavy atom. The Balaban J connectivity index is 1.73. The fourth-order valence-electron chi connectivity index (χ4n) is 2.61. The van der Waals surface area contributed by atoms with Crippen molar-refractivity contribution >= 4 is 22.4 Å². The van der Waals surface area contributed by atoms with E-state index < -0.39 is 0 Å². The molecule has 0 aliphatic carbocycles. The smallest absolute Gasteiger partial charge is 0.230 e. The Kier molecular flexibility index (Phi) is 5.14. The van der Waals surface area contributed by atoms with E-state index in [9.17, 15) is 4.79 Å². The van der Waals surface area contributed by atoms with Crippen LogP contribution < -0.4 is 10.1 Å². The van der Waals surface area contributed by atoms with E-state index in [1.165, 1.54) is 11.3 Å². The fourth-order valence-corrected chi connectivity index (χ4v) is 3.46. The van der Waals surface area contributed by atoms with Crippen molar-refractivity contribution in [3.05, 3.63) is 64.5 Å². The van der Waals surface area contributed by atoms with Crippen LogP contribution in [0.25, 0.3) is 11.3 Å². The van der Waals surface area contributed by atoms with E-state index in [0.29, 0.717) is 11.6 Å². The van der Waals surface area contributed by atoms with Crippen LogP contribution in [0.15, 0.2) is 48.5 Å².